The van der Waals surface area contributed by atoms with E-state index in [0.29, 0.717) is 20.6 Å². The van der Waals surface area contributed by atoms with Crippen LogP contribution in [-0.4, -0.2) is 24.9 Å². The lowest BCUT2D eigenvalue weighted by Gasteiger charge is -2.09. The number of benzene rings is 3. The minimum atomic E-state index is -4.49. The first-order valence-corrected chi connectivity index (χ1v) is 13.7. The molecule has 0 bridgehead atoms. The minimum absolute atomic E-state index is 0.103. The van der Waals surface area contributed by atoms with Crippen molar-refractivity contribution in [1.29, 1.82) is 0 Å². The van der Waals surface area contributed by atoms with Crippen molar-refractivity contribution in [3.63, 3.8) is 0 Å². The van der Waals surface area contributed by atoms with Crippen LogP contribution in [0.5, 0.6) is 0 Å². The summed E-state index contributed by atoms with van der Waals surface area (Å²) in [6, 6.07) is 19.6. The van der Waals surface area contributed by atoms with E-state index < -0.39 is 27.3 Å². The van der Waals surface area contributed by atoms with Gasteiger partial charge in [-0.3, -0.25) is 0 Å². The SMILES string of the molecule is Cc1nc(-c2ccc(Cl)cc2)sc1/C(CS(=O)(=O)c1ccccc1)=N/OCc1cccc(C(F)(F)F)c1. The fourth-order valence-corrected chi connectivity index (χ4v) is 5.99. The quantitative estimate of drug-likeness (QED) is 0.168. The van der Waals surface area contributed by atoms with Crippen molar-refractivity contribution < 1.29 is 26.4 Å². The van der Waals surface area contributed by atoms with Crippen LogP contribution >= 0.6 is 22.9 Å². The highest BCUT2D eigenvalue weighted by Crippen LogP contribution is 2.31. The van der Waals surface area contributed by atoms with Gasteiger partial charge in [-0.05, 0) is 48.9 Å². The molecule has 4 rings (SSSR count). The average molecular weight is 565 g/mol. The Kier molecular flexibility index (Phi) is 8.01. The molecular weight excluding hydrogens is 545 g/mol. The van der Waals surface area contributed by atoms with Gasteiger partial charge in [-0.25, -0.2) is 13.4 Å². The van der Waals surface area contributed by atoms with Crippen LogP contribution in [0, 0.1) is 6.92 Å². The van der Waals surface area contributed by atoms with E-state index in [9.17, 15) is 21.6 Å². The zero-order valence-electron chi connectivity index (χ0n) is 19.4. The number of aromatic nitrogens is 1. The molecule has 0 atom stereocenters. The zero-order chi connectivity index (χ0) is 26.6. The maximum Gasteiger partial charge on any atom is 0.416 e. The van der Waals surface area contributed by atoms with E-state index in [4.69, 9.17) is 16.4 Å². The number of nitrogens with zero attached hydrogens (tertiary/aromatic N) is 2. The summed E-state index contributed by atoms with van der Waals surface area (Å²) in [5, 5.41) is 5.28. The summed E-state index contributed by atoms with van der Waals surface area (Å²) in [5.74, 6) is -0.483. The highest BCUT2D eigenvalue weighted by atomic mass is 35.5. The maximum atomic E-state index is 13.1. The van der Waals surface area contributed by atoms with Crippen molar-refractivity contribution in [3.8, 4) is 10.6 Å². The molecule has 0 aliphatic rings. The number of thiazole rings is 1. The summed E-state index contributed by atoms with van der Waals surface area (Å²) in [4.78, 5) is 10.6. The largest absolute Gasteiger partial charge is 0.416 e. The van der Waals surface area contributed by atoms with Crippen LogP contribution in [0.4, 0.5) is 13.2 Å². The van der Waals surface area contributed by atoms with Gasteiger partial charge >= 0.3 is 6.18 Å². The average Bonchev–Trinajstić information content (AvgIpc) is 3.25. The summed E-state index contributed by atoms with van der Waals surface area (Å²) >= 11 is 7.21. The smallest absolute Gasteiger partial charge is 0.391 e. The third-order valence-corrected chi connectivity index (χ3v) is 8.39. The van der Waals surface area contributed by atoms with E-state index in [1.54, 1.807) is 49.4 Å². The van der Waals surface area contributed by atoms with Gasteiger partial charge in [0.25, 0.3) is 0 Å². The van der Waals surface area contributed by atoms with E-state index in [-0.39, 0.29) is 22.8 Å². The van der Waals surface area contributed by atoms with Crippen LogP contribution in [0.2, 0.25) is 5.02 Å². The number of rotatable bonds is 8. The molecule has 0 amide bonds. The van der Waals surface area contributed by atoms with Crippen molar-refractivity contribution in [2.75, 3.05) is 5.75 Å². The lowest BCUT2D eigenvalue weighted by Crippen LogP contribution is -2.18. The molecule has 192 valence electrons. The summed E-state index contributed by atoms with van der Waals surface area (Å²) < 4.78 is 65.4. The predicted molar refractivity (Wildman–Crippen MR) is 139 cm³/mol. The van der Waals surface area contributed by atoms with Crippen LogP contribution in [0.15, 0.2) is 88.9 Å². The number of alkyl halides is 3. The first-order valence-electron chi connectivity index (χ1n) is 10.9. The fraction of sp³-hybridized carbons (Fsp3) is 0.154. The molecule has 3 aromatic carbocycles. The van der Waals surface area contributed by atoms with E-state index in [1.165, 1.54) is 35.6 Å². The van der Waals surface area contributed by atoms with Crippen LogP contribution in [0.1, 0.15) is 21.7 Å². The van der Waals surface area contributed by atoms with Gasteiger partial charge in [0.15, 0.2) is 9.84 Å². The van der Waals surface area contributed by atoms with Crippen LogP contribution in [-0.2, 0) is 27.5 Å². The van der Waals surface area contributed by atoms with Gasteiger partial charge in [-0.15, -0.1) is 11.3 Å². The third-order valence-electron chi connectivity index (χ3n) is 5.24. The molecule has 0 radical (unpaired) electrons. The van der Waals surface area contributed by atoms with Crippen LogP contribution in [0.3, 0.4) is 0 Å². The Labute approximate surface area is 221 Å². The molecule has 0 unspecified atom stereocenters. The standard InChI is InChI=1S/C26H20ClF3N2O3S2/c1-17-24(36-25(31-17)19-10-12-21(27)13-11-19)23(16-37(33,34)22-8-3-2-4-9-22)32-35-15-18-6-5-7-20(14-18)26(28,29)30/h2-14H,15-16H2,1H3/b32-23+. The minimum Gasteiger partial charge on any atom is -0.391 e. The topological polar surface area (TPSA) is 68.6 Å². The number of halogens is 4. The molecule has 0 aliphatic heterocycles. The molecule has 1 heterocycles. The van der Waals surface area contributed by atoms with Gasteiger partial charge in [0.1, 0.15) is 23.1 Å². The van der Waals surface area contributed by atoms with Gasteiger partial charge in [-0.2, -0.15) is 13.2 Å². The monoisotopic (exact) mass is 564 g/mol. The van der Waals surface area contributed by atoms with Crippen LogP contribution in [0.25, 0.3) is 10.6 Å². The van der Waals surface area contributed by atoms with Gasteiger partial charge in [0.05, 0.1) is 21.0 Å². The zero-order valence-corrected chi connectivity index (χ0v) is 21.8. The van der Waals surface area contributed by atoms with Crippen molar-refractivity contribution in [1.82, 2.24) is 4.98 Å². The molecule has 37 heavy (non-hydrogen) atoms. The Balaban J connectivity index is 1.67. The second kappa shape index (κ2) is 11.0. The molecule has 4 aromatic rings. The molecule has 5 nitrogen and oxygen atoms in total. The Morgan fingerprint density at radius 2 is 1.73 bits per heavy atom. The number of hydrogen-bond donors (Lipinski definition) is 0. The molecule has 0 saturated carbocycles. The van der Waals surface area contributed by atoms with Crippen LogP contribution < -0.4 is 0 Å². The summed E-state index contributed by atoms with van der Waals surface area (Å²) in [7, 11) is -3.80. The number of oxime groups is 1. The van der Waals surface area contributed by atoms with E-state index in [2.05, 4.69) is 10.1 Å². The molecular formula is C26H20ClF3N2O3S2. The van der Waals surface area contributed by atoms with Crippen molar-refractivity contribution in [2.45, 2.75) is 24.6 Å². The second-order valence-electron chi connectivity index (χ2n) is 8.02. The van der Waals surface area contributed by atoms with Crippen molar-refractivity contribution >= 4 is 38.5 Å². The summed E-state index contributed by atoms with van der Waals surface area (Å²) in [6.07, 6.45) is -4.49. The predicted octanol–water partition coefficient (Wildman–Crippen LogP) is 7.19. The van der Waals surface area contributed by atoms with E-state index in [0.717, 1.165) is 17.7 Å². The highest BCUT2D eigenvalue weighted by Gasteiger charge is 2.30. The first-order chi connectivity index (χ1) is 17.5. The van der Waals surface area contributed by atoms with Gasteiger partial charge < -0.3 is 4.84 Å². The Morgan fingerprint density at radius 1 is 1.03 bits per heavy atom. The van der Waals surface area contributed by atoms with Gasteiger partial charge in [0, 0.05) is 10.6 Å². The number of aryl methyl sites for hydroxylation is 1. The molecule has 0 aliphatic carbocycles. The van der Waals surface area contributed by atoms with E-state index >= 15 is 0 Å². The Morgan fingerprint density at radius 3 is 2.41 bits per heavy atom. The summed E-state index contributed by atoms with van der Waals surface area (Å²) in [5.41, 5.74) is 0.867. The Bertz CT molecular complexity index is 1520. The lowest BCUT2D eigenvalue weighted by atomic mass is 10.1. The highest BCUT2D eigenvalue weighted by molar-refractivity contribution is 7.92. The van der Waals surface area contributed by atoms with Crippen molar-refractivity contribution in [2.24, 2.45) is 5.16 Å². The Hall–Kier alpha value is -3.21. The molecule has 11 heteroatoms. The molecule has 1 aromatic heterocycles. The molecule has 0 saturated heterocycles. The first kappa shape index (κ1) is 26.8. The maximum absolute atomic E-state index is 13.1. The summed E-state index contributed by atoms with van der Waals surface area (Å²) in [6.45, 7) is 1.45. The normalized spacial score (nSPS) is 12.5. The van der Waals surface area contributed by atoms with Crippen molar-refractivity contribution in [3.05, 3.63) is 106 Å². The number of sulfone groups is 1. The third kappa shape index (κ3) is 6.76. The molecule has 0 fully saturated rings. The number of hydrogen-bond acceptors (Lipinski definition) is 6. The van der Waals surface area contributed by atoms with Gasteiger partial charge in [0.2, 0.25) is 0 Å². The lowest BCUT2D eigenvalue weighted by molar-refractivity contribution is -0.137. The van der Waals surface area contributed by atoms with Gasteiger partial charge in [-0.1, -0.05) is 59.2 Å². The fourth-order valence-electron chi connectivity index (χ4n) is 3.43. The molecule has 0 N–H and O–H groups in total. The molecule has 0 spiro atoms. The second-order valence-corrected chi connectivity index (χ2v) is 11.4. The van der Waals surface area contributed by atoms with E-state index in [1.807, 2.05) is 0 Å².